The van der Waals surface area contributed by atoms with Crippen LogP contribution in [0.4, 0.5) is 5.00 Å². The van der Waals surface area contributed by atoms with Gasteiger partial charge in [-0.05, 0) is 63.4 Å². The van der Waals surface area contributed by atoms with Crippen LogP contribution in [0.2, 0.25) is 0 Å². The largest absolute Gasteiger partial charge is 0.486 e. The molecule has 3 N–H and O–H groups in total. The molecule has 0 aliphatic heterocycles. The number of nitrogens with two attached hydrogens (primary N) is 1. The number of amides is 2. The van der Waals surface area contributed by atoms with Crippen molar-refractivity contribution in [1.29, 1.82) is 0 Å². The Hall–Kier alpha value is -3.64. The Morgan fingerprint density at radius 1 is 1.18 bits per heavy atom. The van der Waals surface area contributed by atoms with E-state index in [0.29, 0.717) is 23.1 Å². The van der Waals surface area contributed by atoms with Crippen molar-refractivity contribution in [3.8, 4) is 5.75 Å². The van der Waals surface area contributed by atoms with Crippen LogP contribution >= 0.6 is 23.1 Å². The van der Waals surface area contributed by atoms with E-state index < -0.39 is 17.8 Å². The molecule has 0 saturated carbocycles. The van der Waals surface area contributed by atoms with Gasteiger partial charge in [0.25, 0.3) is 5.91 Å². The average Bonchev–Trinajstić information content (AvgIpc) is 3.35. The highest BCUT2D eigenvalue weighted by Crippen LogP contribution is 2.34. The summed E-state index contributed by atoms with van der Waals surface area (Å²) in [6, 6.07) is 5.96. The summed E-state index contributed by atoms with van der Waals surface area (Å²) < 4.78 is 13.0. The Kier molecular flexibility index (Phi) is 9.70. The highest BCUT2D eigenvalue weighted by Gasteiger charge is 2.26. The molecule has 2 heterocycles. The number of thioether (sulfide) groups is 1. The van der Waals surface area contributed by atoms with Crippen LogP contribution < -0.4 is 15.8 Å². The predicted molar refractivity (Wildman–Crippen MR) is 148 cm³/mol. The van der Waals surface area contributed by atoms with E-state index in [-0.39, 0.29) is 33.9 Å². The normalized spacial score (nSPS) is 10.9. The van der Waals surface area contributed by atoms with Gasteiger partial charge in [-0.3, -0.25) is 14.2 Å². The number of anilines is 1. The molecule has 12 heteroatoms. The molecular formula is C26H31N5O5S2. The molecule has 38 heavy (non-hydrogen) atoms. The third-order valence-electron chi connectivity index (χ3n) is 5.17. The van der Waals surface area contributed by atoms with Gasteiger partial charge in [0, 0.05) is 6.54 Å². The monoisotopic (exact) mass is 557 g/mol. The van der Waals surface area contributed by atoms with Gasteiger partial charge in [-0.2, -0.15) is 0 Å². The summed E-state index contributed by atoms with van der Waals surface area (Å²) in [7, 11) is 0. The SMILES string of the molecule is C=CCn1c(COc2cc(C)cc(C)c2)nnc1SCC(=O)Nc1sc(C(N)=O)c(C)c1C(=O)OC(C)C. The molecule has 0 aliphatic rings. The molecule has 0 aliphatic carbocycles. The van der Waals surface area contributed by atoms with Crippen LogP contribution in [0.1, 0.15) is 56.4 Å². The number of carbonyl (C=O) groups excluding carboxylic acids is 3. The average molecular weight is 558 g/mol. The number of hydrogen-bond donors (Lipinski definition) is 2. The van der Waals surface area contributed by atoms with Crippen LogP contribution in [0.3, 0.4) is 0 Å². The predicted octanol–water partition coefficient (Wildman–Crippen LogP) is 4.42. The first kappa shape index (κ1) is 28.9. The second kappa shape index (κ2) is 12.7. The number of benzene rings is 1. The van der Waals surface area contributed by atoms with Crippen LogP contribution in [-0.2, 0) is 22.7 Å². The molecule has 0 unspecified atom stereocenters. The summed E-state index contributed by atoms with van der Waals surface area (Å²) in [6.45, 7) is 13.4. The third-order valence-corrected chi connectivity index (χ3v) is 7.36. The number of carbonyl (C=O) groups is 3. The van der Waals surface area contributed by atoms with Crippen LogP contribution in [0.5, 0.6) is 5.75 Å². The summed E-state index contributed by atoms with van der Waals surface area (Å²) >= 11 is 2.12. The molecule has 2 aromatic heterocycles. The number of thiophene rings is 1. The summed E-state index contributed by atoms with van der Waals surface area (Å²) in [4.78, 5) is 37.5. The molecule has 1 aromatic carbocycles. The first-order valence-electron chi connectivity index (χ1n) is 11.8. The number of aromatic nitrogens is 3. The minimum atomic E-state index is -0.686. The van der Waals surface area contributed by atoms with Gasteiger partial charge < -0.3 is 20.5 Å². The fraction of sp³-hybridized carbons (Fsp3) is 0.346. The number of esters is 1. The zero-order chi connectivity index (χ0) is 28.0. The van der Waals surface area contributed by atoms with Crippen molar-refractivity contribution in [1.82, 2.24) is 14.8 Å². The minimum Gasteiger partial charge on any atom is -0.486 e. The van der Waals surface area contributed by atoms with E-state index in [0.717, 1.165) is 28.2 Å². The van der Waals surface area contributed by atoms with Gasteiger partial charge in [-0.15, -0.1) is 28.1 Å². The van der Waals surface area contributed by atoms with E-state index in [2.05, 4.69) is 28.2 Å². The molecule has 3 aromatic rings. The summed E-state index contributed by atoms with van der Waals surface area (Å²) in [5.41, 5.74) is 8.14. The standard InChI is InChI=1S/C26H31N5O5S2/c1-7-8-31-19(12-35-18-10-15(4)9-16(5)11-18)29-30-26(31)37-13-20(32)28-24-21(25(34)36-14(2)3)17(6)22(38-24)23(27)33/h7,9-11,14H,1,8,12-13H2,2-6H3,(H2,27,33)(H,28,32). The van der Waals surface area contributed by atoms with Crippen LogP contribution in [0, 0.1) is 20.8 Å². The van der Waals surface area contributed by atoms with Gasteiger partial charge in [-0.1, -0.05) is 23.9 Å². The molecular weight excluding hydrogens is 526 g/mol. The van der Waals surface area contributed by atoms with E-state index in [1.54, 1.807) is 26.8 Å². The number of aryl methyl sites for hydroxylation is 2. The zero-order valence-electron chi connectivity index (χ0n) is 22.0. The lowest BCUT2D eigenvalue weighted by molar-refractivity contribution is -0.113. The summed E-state index contributed by atoms with van der Waals surface area (Å²) in [5.74, 6) is -0.415. The highest BCUT2D eigenvalue weighted by atomic mass is 32.2. The number of allylic oxidation sites excluding steroid dienone is 1. The molecule has 0 bridgehead atoms. The molecule has 0 spiro atoms. The maximum atomic E-state index is 12.8. The van der Waals surface area contributed by atoms with Crippen molar-refractivity contribution >= 4 is 45.9 Å². The van der Waals surface area contributed by atoms with Crippen molar-refractivity contribution in [2.24, 2.45) is 5.73 Å². The second-order valence-corrected chi connectivity index (χ2v) is 10.8. The smallest absolute Gasteiger partial charge is 0.341 e. The first-order chi connectivity index (χ1) is 18.0. The number of primary amides is 1. The maximum absolute atomic E-state index is 12.8. The molecule has 2 amide bonds. The summed E-state index contributed by atoms with van der Waals surface area (Å²) in [5, 5.41) is 11.9. The van der Waals surface area contributed by atoms with Crippen molar-refractivity contribution in [3.63, 3.8) is 0 Å². The number of rotatable bonds is 12. The van der Waals surface area contributed by atoms with Crippen molar-refractivity contribution in [2.75, 3.05) is 11.1 Å². The third kappa shape index (κ3) is 7.23. The Morgan fingerprint density at radius 2 is 1.87 bits per heavy atom. The van der Waals surface area contributed by atoms with E-state index >= 15 is 0 Å². The number of ether oxygens (including phenoxy) is 2. The van der Waals surface area contributed by atoms with E-state index in [1.165, 1.54) is 11.8 Å². The Labute approximate surface area is 229 Å². The Morgan fingerprint density at radius 3 is 2.47 bits per heavy atom. The van der Waals surface area contributed by atoms with E-state index in [9.17, 15) is 14.4 Å². The first-order valence-corrected chi connectivity index (χ1v) is 13.6. The molecule has 0 radical (unpaired) electrons. The quantitative estimate of drug-likeness (QED) is 0.190. The molecule has 0 fully saturated rings. The van der Waals surface area contributed by atoms with Gasteiger partial charge in [-0.25, -0.2) is 4.79 Å². The lowest BCUT2D eigenvalue weighted by Crippen LogP contribution is -2.18. The van der Waals surface area contributed by atoms with E-state index in [4.69, 9.17) is 15.2 Å². The van der Waals surface area contributed by atoms with Crippen molar-refractivity contribution in [3.05, 3.63) is 63.8 Å². The second-order valence-electron chi connectivity index (χ2n) is 8.83. The zero-order valence-corrected chi connectivity index (χ0v) is 23.6. The maximum Gasteiger partial charge on any atom is 0.341 e. The van der Waals surface area contributed by atoms with Crippen LogP contribution in [0.15, 0.2) is 36.0 Å². The summed E-state index contributed by atoms with van der Waals surface area (Å²) in [6.07, 6.45) is 1.34. The van der Waals surface area contributed by atoms with Crippen LogP contribution in [-0.4, -0.2) is 44.4 Å². The lowest BCUT2D eigenvalue weighted by atomic mass is 10.1. The molecule has 10 nitrogen and oxygen atoms in total. The number of hydrogen-bond acceptors (Lipinski definition) is 9. The highest BCUT2D eigenvalue weighted by molar-refractivity contribution is 7.99. The van der Waals surface area contributed by atoms with E-state index in [1.807, 2.05) is 30.5 Å². The van der Waals surface area contributed by atoms with Crippen molar-refractivity contribution < 1.29 is 23.9 Å². The fourth-order valence-electron chi connectivity index (χ4n) is 3.66. The van der Waals surface area contributed by atoms with Crippen molar-refractivity contribution in [2.45, 2.75) is 59.0 Å². The van der Waals surface area contributed by atoms with Gasteiger partial charge in [0.1, 0.15) is 17.4 Å². The topological polar surface area (TPSA) is 138 Å². The van der Waals surface area contributed by atoms with Gasteiger partial charge in [0.15, 0.2) is 11.0 Å². The molecule has 202 valence electrons. The molecule has 0 atom stereocenters. The van der Waals surface area contributed by atoms with Gasteiger partial charge in [0.2, 0.25) is 5.91 Å². The Balaban J connectivity index is 1.72. The van der Waals surface area contributed by atoms with Crippen LogP contribution in [0.25, 0.3) is 0 Å². The molecule has 3 rings (SSSR count). The Bertz CT molecular complexity index is 1340. The van der Waals surface area contributed by atoms with Gasteiger partial charge in [0.05, 0.1) is 22.3 Å². The number of nitrogens with one attached hydrogen (secondary N) is 1. The molecule has 0 saturated heterocycles. The fourth-order valence-corrected chi connectivity index (χ4v) is 5.49. The minimum absolute atomic E-state index is 0.0191. The number of nitrogens with zero attached hydrogens (tertiary/aromatic N) is 3. The lowest BCUT2D eigenvalue weighted by Gasteiger charge is -2.11. The van der Waals surface area contributed by atoms with Gasteiger partial charge >= 0.3 is 5.97 Å².